The van der Waals surface area contributed by atoms with Crippen LogP contribution in [0, 0.1) is 3.57 Å². The third kappa shape index (κ3) is 2.70. The summed E-state index contributed by atoms with van der Waals surface area (Å²) >= 11 is 2.33. The van der Waals surface area contributed by atoms with Crippen LogP contribution >= 0.6 is 22.6 Å². The summed E-state index contributed by atoms with van der Waals surface area (Å²) in [7, 11) is 1.65. The van der Waals surface area contributed by atoms with Gasteiger partial charge >= 0.3 is 0 Å². The van der Waals surface area contributed by atoms with E-state index < -0.39 is 0 Å². The number of ether oxygens (including phenoxy) is 2. The summed E-state index contributed by atoms with van der Waals surface area (Å²) < 4.78 is 12.8. The van der Waals surface area contributed by atoms with E-state index in [-0.39, 0.29) is 11.8 Å². The van der Waals surface area contributed by atoms with Gasteiger partial charge in [-0.2, -0.15) is 0 Å². The minimum atomic E-state index is 0.0285. The van der Waals surface area contributed by atoms with E-state index in [1.165, 1.54) is 0 Å². The van der Waals surface area contributed by atoms with Crippen molar-refractivity contribution in [3.63, 3.8) is 0 Å². The number of fused-ring (bicyclic) bond motifs is 2. The monoisotopic (exact) mass is 447 g/mol. The fourth-order valence-electron chi connectivity index (χ4n) is 3.57. The number of allylic oxidation sites excluding steroid dienone is 1. The summed E-state index contributed by atoms with van der Waals surface area (Å²) in [4.78, 5) is 14.1. The number of carbonyl (C=O) groups excluding carboxylic acids is 1. The van der Waals surface area contributed by atoms with E-state index in [1.54, 1.807) is 7.11 Å². The SMILES string of the molecule is C=C1CCC(=O)N1CC1c2ccccc2Oc2c(OC)ccc(I)c21. The zero-order chi connectivity index (χ0) is 17.6. The maximum absolute atomic E-state index is 12.3. The Hall–Kier alpha value is -2.02. The van der Waals surface area contributed by atoms with Crippen LogP contribution in [0.5, 0.6) is 17.2 Å². The number of methoxy groups -OCH3 is 1. The van der Waals surface area contributed by atoms with Gasteiger partial charge in [0.15, 0.2) is 11.5 Å². The molecule has 2 aliphatic rings. The van der Waals surface area contributed by atoms with E-state index in [4.69, 9.17) is 9.47 Å². The number of amides is 1. The van der Waals surface area contributed by atoms with Crippen LogP contribution in [0.3, 0.4) is 0 Å². The Bertz CT molecular complexity index is 861. The fraction of sp³-hybridized carbons (Fsp3) is 0.250. The summed E-state index contributed by atoms with van der Waals surface area (Å²) in [6.07, 6.45) is 1.29. The number of hydrogen-bond acceptors (Lipinski definition) is 3. The Morgan fingerprint density at radius 2 is 2.08 bits per heavy atom. The highest BCUT2D eigenvalue weighted by molar-refractivity contribution is 14.1. The lowest BCUT2D eigenvalue weighted by Gasteiger charge is -2.32. The van der Waals surface area contributed by atoms with E-state index in [0.717, 1.165) is 38.3 Å². The molecule has 1 amide bonds. The Morgan fingerprint density at radius 3 is 2.80 bits per heavy atom. The van der Waals surface area contributed by atoms with Crippen LogP contribution in [0.25, 0.3) is 0 Å². The molecule has 0 saturated carbocycles. The Labute approximate surface area is 160 Å². The molecule has 1 atom stereocenters. The van der Waals surface area contributed by atoms with Crippen LogP contribution in [-0.2, 0) is 4.79 Å². The first-order chi connectivity index (χ1) is 12.1. The molecule has 0 spiro atoms. The van der Waals surface area contributed by atoms with Crippen molar-refractivity contribution in [3.8, 4) is 17.2 Å². The van der Waals surface area contributed by atoms with Gasteiger partial charge in [0.1, 0.15) is 5.75 Å². The molecule has 2 aromatic carbocycles. The van der Waals surface area contributed by atoms with Gasteiger partial charge in [0.05, 0.1) is 7.11 Å². The summed E-state index contributed by atoms with van der Waals surface area (Å²) in [5, 5.41) is 0. The maximum atomic E-state index is 12.3. The number of likely N-dealkylation sites (tertiary alicyclic amines) is 1. The second-order valence-electron chi connectivity index (χ2n) is 6.26. The van der Waals surface area contributed by atoms with Gasteiger partial charge in [0.2, 0.25) is 5.91 Å². The fourth-order valence-corrected chi connectivity index (χ4v) is 4.37. The van der Waals surface area contributed by atoms with E-state index in [0.29, 0.717) is 18.7 Å². The minimum absolute atomic E-state index is 0.0285. The molecule has 2 heterocycles. The first-order valence-corrected chi connectivity index (χ1v) is 9.29. The van der Waals surface area contributed by atoms with Crippen molar-refractivity contribution in [1.82, 2.24) is 4.90 Å². The zero-order valence-electron chi connectivity index (χ0n) is 13.9. The Balaban J connectivity index is 1.86. The highest BCUT2D eigenvalue weighted by atomic mass is 127. The molecule has 5 heteroatoms. The molecule has 4 rings (SSSR count). The lowest BCUT2D eigenvalue weighted by atomic mass is 9.87. The lowest BCUT2D eigenvalue weighted by molar-refractivity contribution is -0.126. The third-order valence-corrected chi connectivity index (χ3v) is 5.80. The summed E-state index contributed by atoms with van der Waals surface area (Å²) in [6.45, 7) is 4.64. The van der Waals surface area contributed by atoms with E-state index in [1.807, 2.05) is 35.2 Å². The molecule has 0 radical (unpaired) electrons. The molecule has 128 valence electrons. The van der Waals surface area contributed by atoms with Gasteiger partial charge in [-0.15, -0.1) is 0 Å². The van der Waals surface area contributed by atoms with E-state index in [9.17, 15) is 4.79 Å². The van der Waals surface area contributed by atoms with Crippen LogP contribution in [0.15, 0.2) is 48.7 Å². The normalized spacial score (nSPS) is 18.6. The van der Waals surface area contributed by atoms with Crippen LogP contribution in [0.4, 0.5) is 0 Å². The summed E-state index contributed by atoms with van der Waals surface area (Å²) in [5.41, 5.74) is 3.06. The summed E-state index contributed by atoms with van der Waals surface area (Å²) in [5.74, 6) is 2.45. The molecule has 2 aliphatic heterocycles. The molecule has 0 N–H and O–H groups in total. The van der Waals surface area contributed by atoms with Gasteiger partial charge in [-0.1, -0.05) is 24.8 Å². The van der Waals surface area contributed by atoms with Gasteiger partial charge in [-0.25, -0.2) is 0 Å². The maximum Gasteiger partial charge on any atom is 0.227 e. The van der Waals surface area contributed by atoms with Gasteiger partial charge < -0.3 is 14.4 Å². The number of benzene rings is 2. The molecule has 2 aromatic rings. The predicted octanol–water partition coefficient (Wildman–Crippen LogP) is 4.67. The minimum Gasteiger partial charge on any atom is -0.493 e. The molecule has 25 heavy (non-hydrogen) atoms. The number of hydrogen-bond donors (Lipinski definition) is 0. The van der Waals surface area contributed by atoms with Gasteiger partial charge in [0, 0.05) is 39.3 Å². The van der Waals surface area contributed by atoms with Crippen LogP contribution in [0.2, 0.25) is 0 Å². The summed E-state index contributed by atoms with van der Waals surface area (Å²) in [6, 6.07) is 12.0. The molecule has 4 nitrogen and oxygen atoms in total. The average molecular weight is 447 g/mol. The van der Waals surface area contributed by atoms with Crippen molar-refractivity contribution in [2.75, 3.05) is 13.7 Å². The zero-order valence-corrected chi connectivity index (χ0v) is 16.1. The third-order valence-electron chi connectivity index (χ3n) is 4.86. The van der Waals surface area contributed by atoms with Gasteiger partial charge in [-0.05, 0) is 47.2 Å². The first-order valence-electron chi connectivity index (χ1n) is 8.21. The van der Waals surface area contributed by atoms with Gasteiger partial charge in [0.25, 0.3) is 0 Å². The number of halogens is 1. The van der Waals surface area contributed by atoms with Crippen molar-refractivity contribution in [1.29, 1.82) is 0 Å². The van der Waals surface area contributed by atoms with Crippen molar-refractivity contribution in [2.24, 2.45) is 0 Å². The second-order valence-corrected chi connectivity index (χ2v) is 7.42. The highest BCUT2D eigenvalue weighted by Crippen LogP contribution is 2.50. The second kappa shape index (κ2) is 6.37. The molecule has 1 saturated heterocycles. The van der Waals surface area contributed by atoms with Crippen LogP contribution < -0.4 is 9.47 Å². The number of para-hydroxylation sites is 1. The number of carbonyl (C=O) groups is 1. The molecular formula is C20H18INO3. The highest BCUT2D eigenvalue weighted by Gasteiger charge is 2.35. The largest absolute Gasteiger partial charge is 0.493 e. The molecular weight excluding hydrogens is 429 g/mol. The molecule has 0 aromatic heterocycles. The van der Waals surface area contributed by atoms with E-state index >= 15 is 0 Å². The Morgan fingerprint density at radius 1 is 1.28 bits per heavy atom. The van der Waals surface area contributed by atoms with Crippen molar-refractivity contribution in [3.05, 3.63) is 63.4 Å². The topological polar surface area (TPSA) is 38.8 Å². The molecule has 1 unspecified atom stereocenters. The van der Waals surface area contributed by atoms with Crippen molar-refractivity contribution < 1.29 is 14.3 Å². The smallest absolute Gasteiger partial charge is 0.227 e. The van der Waals surface area contributed by atoms with Crippen LogP contribution in [-0.4, -0.2) is 24.5 Å². The molecule has 1 fully saturated rings. The van der Waals surface area contributed by atoms with E-state index in [2.05, 4.69) is 35.2 Å². The van der Waals surface area contributed by atoms with Gasteiger partial charge in [-0.3, -0.25) is 4.79 Å². The van der Waals surface area contributed by atoms with Crippen molar-refractivity contribution in [2.45, 2.75) is 18.8 Å². The quantitative estimate of drug-likeness (QED) is 0.642. The molecule has 0 aliphatic carbocycles. The number of rotatable bonds is 3. The lowest BCUT2D eigenvalue weighted by Crippen LogP contribution is -2.30. The van der Waals surface area contributed by atoms with Crippen molar-refractivity contribution >= 4 is 28.5 Å². The van der Waals surface area contributed by atoms with Crippen LogP contribution in [0.1, 0.15) is 29.9 Å². The Kier molecular flexibility index (Phi) is 4.19. The standard InChI is InChI=1S/C20H18INO3/c1-12-7-10-18(23)22(12)11-14-13-5-3-4-6-16(13)25-20-17(24-2)9-8-15(21)19(14)20/h3-6,8-9,14H,1,7,10-11H2,2H3. The number of nitrogens with zero attached hydrogens (tertiary/aromatic N) is 1. The average Bonchev–Trinajstić information content (AvgIpc) is 2.93. The first kappa shape index (κ1) is 16.4. The molecule has 0 bridgehead atoms. The predicted molar refractivity (Wildman–Crippen MR) is 104 cm³/mol.